The van der Waals surface area contributed by atoms with Crippen molar-refractivity contribution in [2.45, 2.75) is 0 Å². The van der Waals surface area contributed by atoms with E-state index in [4.69, 9.17) is 16.9 Å². The molecule has 4 rings (SSSR count). The number of nitriles is 1. The predicted octanol–water partition coefficient (Wildman–Crippen LogP) is 4.65. The lowest BCUT2D eigenvalue weighted by molar-refractivity contribution is 0.974. The molecule has 0 saturated carbocycles. The molecular formula is C21H13ClN4O. The van der Waals surface area contributed by atoms with Gasteiger partial charge in [0.05, 0.1) is 28.2 Å². The van der Waals surface area contributed by atoms with E-state index in [1.165, 1.54) is 4.57 Å². The van der Waals surface area contributed by atoms with Gasteiger partial charge in [-0.15, -0.1) is 0 Å². The molecule has 0 aliphatic rings. The van der Waals surface area contributed by atoms with E-state index in [-0.39, 0.29) is 5.56 Å². The quantitative estimate of drug-likeness (QED) is 0.568. The number of hydrogen-bond donors (Lipinski definition) is 1. The smallest absolute Gasteiger partial charge is 0.267 e. The van der Waals surface area contributed by atoms with E-state index in [1.54, 1.807) is 42.5 Å². The fourth-order valence-electron chi connectivity index (χ4n) is 2.82. The molecule has 0 saturated heterocycles. The van der Waals surface area contributed by atoms with Crippen molar-refractivity contribution in [3.8, 4) is 11.8 Å². The normalized spacial score (nSPS) is 10.5. The first-order chi connectivity index (χ1) is 13.2. The van der Waals surface area contributed by atoms with E-state index in [2.05, 4.69) is 16.4 Å². The van der Waals surface area contributed by atoms with Gasteiger partial charge in [0.25, 0.3) is 5.56 Å². The lowest BCUT2D eigenvalue weighted by atomic mass is 10.2. The summed E-state index contributed by atoms with van der Waals surface area (Å²) in [4.78, 5) is 17.8. The summed E-state index contributed by atoms with van der Waals surface area (Å²) in [6, 6.07) is 23.3. The molecule has 0 aliphatic heterocycles. The van der Waals surface area contributed by atoms with Crippen LogP contribution in [0.4, 0.5) is 11.6 Å². The Balaban J connectivity index is 1.93. The van der Waals surface area contributed by atoms with Crippen LogP contribution in [0, 0.1) is 11.3 Å². The molecule has 3 aromatic carbocycles. The second-order valence-corrected chi connectivity index (χ2v) is 6.32. The minimum Gasteiger partial charge on any atom is -0.325 e. The largest absolute Gasteiger partial charge is 0.325 e. The van der Waals surface area contributed by atoms with Crippen molar-refractivity contribution in [1.82, 2.24) is 9.55 Å². The van der Waals surface area contributed by atoms with Crippen LogP contribution < -0.4 is 10.9 Å². The van der Waals surface area contributed by atoms with E-state index in [0.717, 1.165) is 5.69 Å². The molecule has 0 bridgehead atoms. The Labute approximate surface area is 160 Å². The second-order valence-electron chi connectivity index (χ2n) is 5.89. The van der Waals surface area contributed by atoms with Crippen molar-refractivity contribution >= 4 is 34.1 Å². The van der Waals surface area contributed by atoms with Gasteiger partial charge in [0.1, 0.15) is 0 Å². The lowest BCUT2D eigenvalue weighted by Crippen LogP contribution is -2.22. The molecule has 130 valence electrons. The number of para-hydroxylation sites is 1. The molecule has 5 nitrogen and oxygen atoms in total. The molecular weight excluding hydrogens is 360 g/mol. The van der Waals surface area contributed by atoms with Crippen LogP contribution in [0.5, 0.6) is 0 Å². The molecule has 1 aromatic heterocycles. The highest BCUT2D eigenvalue weighted by Crippen LogP contribution is 2.22. The molecule has 0 aliphatic carbocycles. The maximum atomic E-state index is 13.2. The van der Waals surface area contributed by atoms with Crippen LogP contribution >= 0.6 is 11.6 Å². The first-order valence-corrected chi connectivity index (χ1v) is 8.58. The van der Waals surface area contributed by atoms with Crippen molar-refractivity contribution in [3.05, 3.63) is 93.7 Å². The number of hydrogen-bond acceptors (Lipinski definition) is 4. The number of anilines is 2. The molecule has 1 heterocycles. The Hall–Kier alpha value is -3.62. The zero-order chi connectivity index (χ0) is 18.8. The van der Waals surface area contributed by atoms with Crippen LogP contribution in [0.3, 0.4) is 0 Å². The zero-order valence-electron chi connectivity index (χ0n) is 14.1. The van der Waals surface area contributed by atoms with Gasteiger partial charge < -0.3 is 5.32 Å². The molecule has 0 amide bonds. The Bertz CT molecular complexity index is 1230. The molecule has 4 aromatic rings. The fourth-order valence-corrected chi connectivity index (χ4v) is 2.99. The highest BCUT2D eigenvalue weighted by Gasteiger charge is 2.13. The molecule has 0 unspecified atom stereocenters. The molecule has 0 radical (unpaired) electrons. The first kappa shape index (κ1) is 16.8. The average molecular weight is 373 g/mol. The Morgan fingerprint density at radius 2 is 1.74 bits per heavy atom. The maximum absolute atomic E-state index is 13.2. The van der Waals surface area contributed by atoms with E-state index >= 15 is 0 Å². The Kier molecular flexibility index (Phi) is 4.33. The Morgan fingerprint density at radius 1 is 1.00 bits per heavy atom. The third-order valence-corrected chi connectivity index (χ3v) is 4.35. The number of nitrogens with zero attached hydrogens (tertiary/aromatic N) is 3. The van der Waals surface area contributed by atoms with Gasteiger partial charge >= 0.3 is 0 Å². The van der Waals surface area contributed by atoms with Gasteiger partial charge in [-0.1, -0.05) is 29.8 Å². The van der Waals surface area contributed by atoms with E-state index in [1.807, 2.05) is 30.3 Å². The van der Waals surface area contributed by atoms with Crippen LogP contribution in [0.25, 0.3) is 16.6 Å². The minimum atomic E-state index is -0.218. The number of benzene rings is 3. The van der Waals surface area contributed by atoms with Gasteiger partial charge in [0.15, 0.2) is 0 Å². The topological polar surface area (TPSA) is 70.7 Å². The summed E-state index contributed by atoms with van der Waals surface area (Å²) in [7, 11) is 0. The van der Waals surface area contributed by atoms with Crippen molar-refractivity contribution in [2.75, 3.05) is 5.32 Å². The molecule has 0 spiro atoms. The summed E-state index contributed by atoms with van der Waals surface area (Å²) in [6.45, 7) is 0. The average Bonchev–Trinajstić information content (AvgIpc) is 2.70. The molecule has 0 atom stereocenters. The van der Waals surface area contributed by atoms with Crippen LogP contribution in [0.2, 0.25) is 5.02 Å². The third kappa shape index (κ3) is 3.26. The van der Waals surface area contributed by atoms with Crippen molar-refractivity contribution in [2.24, 2.45) is 0 Å². The summed E-state index contributed by atoms with van der Waals surface area (Å²) in [5.74, 6) is 0.380. The molecule has 0 fully saturated rings. The second kappa shape index (κ2) is 6.94. The van der Waals surface area contributed by atoms with E-state index in [9.17, 15) is 4.79 Å². The standard InChI is InChI=1S/C21H13ClN4O/c22-15-8-11-19-18(12-15)20(27)26(17-4-2-1-3-5-17)21(25-19)24-16-9-6-14(13-23)7-10-16/h1-12H,(H,24,25). The number of fused-ring (bicyclic) bond motifs is 1. The molecule has 27 heavy (non-hydrogen) atoms. The lowest BCUT2D eigenvalue weighted by Gasteiger charge is -2.15. The third-order valence-electron chi connectivity index (χ3n) is 4.11. The van der Waals surface area contributed by atoms with Gasteiger partial charge in [0, 0.05) is 10.7 Å². The fraction of sp³-hybridized carbons (Fsp3) is 0. The van der Waals surface area contributed by atoms with Crippen molar-refractivity contribution in [3.63, 3.8) is 0 Å². The summed E-state index contributed by atoms with van der Waals surface area (Å²) in [6.07, 6.45) is 0. The highest BCUT2D eigenvalue weighted by atomic mass is 35.5. The van der Waals surface area contributed by atoms with Gasteiger partial charge in [0.2, 0.25) is 5.95 Å². The molecule has 1 N–H and O–H groups in total. The maximum Gasteiger partial charge on any atom is 0.267 e. The summed E-state index contributed by atoms with van der Waals surface area (Å²) >= 11 is 6.07. The first-order valence-electron chi connectivity index (χ1n) is 8.20. The number of halogens is 1. The number of aromatic nitrogens is 2. The molecule has 6 heteroatoms. The van der Waals surface area contributed by atoms with Crippen LogP contribution in [-0.2, 0) is 0 Å². The van der Waals surface area contributed by atoms with Crippen LogP contribution in [-0.4, -0.2) is 9.55 Å². The van der Waals surface area contributed by atoms with Gasteiger partial charge in [-0.25, -0.2) is 9.55 Å². The van der Waals surface area contributed by atoms with Gasteiger partial charge in [-0.3, -0.25) is 4.79 Å². The minimum absolute atomic E-state index is 0.218. The highest BCUT2D eigenvalue weighted by molar-refractivity contribution is 6.31. The Morgan fingerprint density at radius 3 is 2.44 bits per heavy atom. The van der Waals surface area contributed by atoms with E-state index in [0.29, 0.717) is 33.1 Å². The summed E-state index contributed by atoms with van der Waals surface area (Å²) in [5, 5.41) is 13.1. The van der Waals surface area contributed by atoms with E-state index < -0.39 is 0 Å². The van der Waals surface area contributed by atoms with Gasteiger partial charge in [-0.05, 0) is 54.6 Å². The number of nitrogens with one attached hydrogen (secondary N) is 1. The SMILES string of the molecule is N#Cc1ccc(Nc2nc3ccc(Cl)cc3c(=O)n2-c2ccccc2)cc1. The van der Waals surface area contributed by atoms with Gasteiger partial charge in [-0.2, -0.15) is 5.26 Å². The predicted molar refractivity (Wildman–Crippen MR) is 107 cm³/mol. The number of rotatable bonds is 3. The van der Waals surface area contributed by atoms with Crippen molar-refractivity contribution < 1.29 is 0 Å². The van der Waals surface area contributed by atoms with Crippen LogP contribution in [0.15, 0.2) is 77.6 Å². The van der Waals surface area contributed by atoms with Crippen molar-refractivity contribution in [1.29, 1.82) is 5.26 Å². The monoisotopic (exact) mass is 372 g/mol. The summed E-state index contributed by atoms with van der Waals surface area (Å²) < 4.78 is 1.51. The summed E-state index contributed by atoms with van der Waals surface area (Å²) in [5.41, 5.74) is 2.30. The zero-order valence-corrected chi connectivity index (χ0v) is 14.8. The van der Waals surface area contributed by atoms with Crippen LogP contribution in [0.1, 0.15) is 5.56 Å².